The van der Waals surface area contributed by atoms with Gasteiger partial charge in [-0.15, -0.1) is 12.8 Å². The van der Waals surface area contributed by atoms with E-state index in [1.165, 1.54) is 23.5 Å². The number of nitrogens with one attached hydrogen (secondary N) is 2. The number of fused-ring (bicyclic) bond motifs is 1. The van der Waals surface area contributed by atoms with Gasteiger partial charge < -0.3 is 62.5 Å². The molecule has 3 aliphatic rings. The number of rotatable bonds is 26. The van der Waals surface area contributed by atoms with Crippen molar-refractivity contribution in [1.82, 2.24) is 0 Å². The summed E-state index contributed by atoms with van der Waals surface area (Å²) in [5, 5.41) is 25.3. The average molecular weight is 1720 g/mol. The van der Waals surface area contributed by atoms with Crippen molar-refractivity contribution in [3.8, 4) is 23.6 Å². The van der Waals surface area contributed by atoms with E-state index in [9.17, 15) is 58.5 Å². The minimum Gasteiger partial charge on any atom is -0.542 e. The van der Waals surface area contributed by atoms with Crippen LogP contribution in [0.25, 0.3) is 0 Å². The van der Waals surface area contributed by atoms with Crippen LogP contribution in [0.4, 0.5) is 11.4 Å². The summed E-state index contributed by atoms with van der Waals surface area (Å²) >= 11 is 2.42. The topological polar surface area (TPSA) is 298 Å². The molecule has 0 radical (unpaired) electrons. The summed E-state index contributed by atoms with van der Waals surface area (Å²) in [6.07, 6.45) is 10.9. The first kappa shape index (κ1) is 79.9. The van der Waals surface area contributed by atoms with Gasteiger partial charge in [-0.1, -0.05) is 99.8 Å². The van der Waals surface area contributed by atoms with E-state index in [1.807, 2.05) is 36.4 Å². The first-order valence-corrected chi connectivity index (χ1v) is 30.1. The third-order valence-corrected chi connectivity index (χ3v) is 16.5. The predicted molar refractivity (Wildman–Crippen MR) is 328 cm³/mol. The largest absolute Gasteiger partial charge is 2.00 e. The number of carbonyl (C=O) groups excluding carboxylic acids is 10. The Morgan fingerprint density at radius 2 is 0.878 bits per heavy atom. The minimum absolute atomic E-state index is 0. The second-order valence-electron chi connectivity index (χ2n) is 22.2. The average Bonchev–Trinajstić information content (AvgIpc) is 2.41. The number of carbonyl (C=O) groups is 8. The van der Waals surface area contributed by atoms with Crippen molar-refractivity contribution in [2.45, 2.75) is 127 Å². The van der Waals surface area contributed by atoms with Gasteiger partial charge in [0.25, 0.3) is 0 Å². The molecular formula is C66H74N4O16S2U2. The maximum Gasteiger partial charge on any atom is 2.00 e. The fourth-order valence-corrected chi connectivity index (χ4v) is 11.2. The molecule has 90 heavy (non-hydrogen) atoms. The molecule has 0 spiro atoms. The Labute approximate surface area is 582 Å². The van der Waals surface area contributed by atoms with Crippen LogP contribution in [0, 0.1) is 133 Å². The molecule has 474 valence electrons. The first-order chi connectivity index (χ1) is 42.0. The molecule has 6 rings (SSSR count). The van der Waals surface area contributed by atoms with Gasteiger partial charge in [-0.2, -0.15) is 23.4 Å². The van der Waals surface area contributed by atoms with E-state index in [2.05, 4.69) is 37.6 Å². The molecule has 2 aliphatic carbocycles. The Bertz CT molecular complexity index is 2900. The van der Waals surface area contributed by atoms with Crippen molar-refractivity contribution < 1.29 is 139 Å². The van der Waals surface area contributed by atoms with Crippen LogP contribution in [0.2, 0.25) is 0 Å². The summed E-state index contributed by atoms with van der Waals surface area (Å²) in [5.41, 5.74) is 2.13. The second kappa shape index (κ2) is 41.3. The second-order valence-corrected chi connectivity index (χ2v) is 24.5. The van der Waals surface area contributed by atoms with Crippen LogP contribution in [0.15, 0.2) is 106 Å². The zero-order valence-electron chi connectivity index (χ0n) is 51.0. The van der Waals surface area contributed by atoms with Gasteiger partial charge in [-0.3, -0.25) is 41.3 Å². The number of benzene rings is 3. The fraction of sp³-hybridized carbons (Fsp3) is 0.424. The van der Waals surface area contributed by atoms with Crippen molar-refractivity contribution in [1.29, 1.82) is 10.5 Å². The molecule has 1 aliphatic heterocycles. The van der Waals surface area contributed by atoms with E-state index in [4.69, 9.17) is 28.4 Å². The normalized spacial score (nSPS) is 16.2. The minimum atomic E-state index is -0.514. The number of hydrogen-bond donors (Lipinski definition) is 2. The van der Waals surface area contributed by atoms with E-state index in [0.29, 0.717) is 101 Å². The molecule has 0 atom stereocenters. The third kappa shape index (κ3) is 27.7. The molecule has 2 fully saturated rings. The Balaban J connectivity index is 0.000000630. The van der Waals surface area contributed by atoms with Crippen molar-refractivity contribution in [3.05, 3.63) is 121 Å². The number of ether oxygens (including phenoxy) is 6. The van der Waals surface area contributed by atoms with E-state index in [-0.39, 0.29) is 167 Å². The van der Waals surface area contributed by atoms with Gasteiger partial charge >= 0.3 is 98.0 Å². The molecule has 0 unspecified atom stereocenters. The van der Waals surface area contributed by atoms with Crippen LogP contribution < -0.4 is 20.1 Å². The molecule has 2 saturated carbocycles. The summed E-state index contributed by atoms with van der Waals surface area (Å²) in [4.78, 5) is 118. The maximum atomic E-state index is 13.5. The molecule has 24 heteroatoms. The van der Waals surface area contributed by atoms with Crippen LogP contribution in [-0.2, 0) is 79.7 Å². The van der Waals surface area contributed by atoms with Gasteiger partial charge in [0.05, 0.1) is 63.7 Å². The van der Waals surface area contributed by atoms with Crippen LogP contribution >= 0.6 is 23.5 Å². The molecular weight excluding hydrogens is 1640 g/mol. The van der Waals surface area contributed by atoms with Crippen LogP contribution in [0.3, 0.4) is 0 Å². The van der Waals surface area contributed by atoms with Crippen molar-refractivity contribution >= 4 is 95.1 Å². The summed E-state index contributed by atoms with van der Waals surface area (Å²) < 4.78 is 31.3. The van der Waals surface area contributed by atoms with Crippen LogP contribution in [0.5, 0.6) is 11.5 Å². The van der Waals surface area contributed by atoms with E-state index < -0.39 is 34.7 Å². The van der Waals surface area contributed by atoms with Gasteiger partial charge in [-0.25, -0.2) is 9.59 Å². The number of nitrogens with zero attached hydrogens (tertiary/aromatic N) is 2. The number of allylic oxidation sites excluding steroid dienone is 1. The fourth-order valence-electron chi connectivity index (χ4n) is 8.62. The summed E-state index contributed by atoms with van der Waals surface area (Å²) in [6, 6.07) is 21.9. The standard InChI is InChI=1S/C42H40N4O6S2.2C12H17O5.2U/c1-3-25-5-17-32(18-6-25)51-40(49)29-13-9-27(10-14-29)38(47)45-34-21-22-35(37-36(34)53-42(54-37)31(23-43)24-44)46-39(48)28-11-15-30(16-12-28)41(50)52-33-19-7-26(4-2)8-20-33;2*1-4-10(14)16-8-12(2,3)9-17-11(15)6-5-7-13;;/h5-8,17-22,27-30H,1-4,9-16H2,(H,45,47)(H,46,48);2*4H,1,5-6,8-9H2,2-3H3;;/q-2;2*-1;2*+2. The third-order valence-electron chi connectivity index (χ3n) is 13.8. The molecule has 2 amide bonds. The Morgan fingerprint density at radius 1 is 0.556 bits per heavy atom. The Morgan fingerprint density at radius 3 is 1.18 bits per heavy atom. The number of hydrogen-bond acceptors (Lipinski definition) is 20. The van der Waals surface area contributed by atoms with Crippen LogP contribution in [-0.4, -0.2) is 86.6 Å². The van der Waals surface area contributed by atoms with Crippen LogP contribution in [0.1, 0.15) is 116 Å². The van der Waals surface area contributed by atoms with E-state index in [1.54, 1.807) is 76.7 Å². The maximum absolute atomic E-state index is 13.5. The molecule has 0 bridgehead atoms. The molecule has 0 saturated heterocycles. The van der Waals surface area contributed by atoms with Crippen molar-refractivity contribution in [2.75, 3.05) is 37.1 Å². The van der Waals surface area contributed by atoms with E-state index >= 15 is 0 Å². The quantitative estimate of drug-likeness (QED) is 0.0188. The molecule has 2 N–H and O–H groups in total. The SMILES string of the molecule is C=CC(=O)OCC(C)(C)COC(=O)CC[C-]=O.C=CC(=O)OCC(C)(C)COC(=O)CC[C-]=O.[CH2-]Cc1ccc(OC(=O)C2CCC(C(=O)Nc3ccc(NC(=O)C4CCC(C(=O)Oc5ccc(C[CH2-])cc5)CC4)c4c3SC(=C(C#N)C#N)S4)CC2)cc1.[U+2].[U+2]. The van der Waals surface area contributed by atoms with Gasteiger partial charge in [0.1, 0.15) is 29.2 Å². The molecule has 1 heterocycles. The predicted octanol–water partition coefficient (Wildman–Crippen LogP) is 10.9. The summed E-state index contributed by atoms with van der Waals surface area (Å²) in [5.74, 6) is -3.15. The number of amides is 2. The van der Waals surface area contributed by atoms with Gasteiger partial charge in [0.15, 0.2) is 0 Å². The first-order valence-electron chi connectivity index (χ1n) is 28.5. The molecule has 3 aromatic carbocycles. The number of nitriles is 2. The zero-order valence-corrected chi connectivity index (χ0v) is 61.0. The zero-order chi connectivity index (χ0) is 64.8. The van der Waals surface area contributed by atoms with Gasteiger partial charge in [0.2, 0.25) is 11.8 Å². The van der Waals surface area contributed by atoms with Crippen molar-refractivity contribution in [2.24, 2.45) is 34.5 Å². The molecule has 3 aromatic rings. The van der Waals surface area contributed by atoms with Crippen molar-refractivity contribution in [3.63, 3.8) is 0 Å². The Hall–Kier alpha value is -6.24. The summed E-state index contributed by atoms with van der Waals surface area (Å²) in [6.45, 7) is 21.9. The number of anilines is 2. The molecule has 0 aromatic heterocycles. The monoisotopic (exact) mass is 1720 g/mol. The number of esters is 6. The molecule has 20 nitrogen and oxygen atoms in total. The van der Waals surface area contributed by atoms with E-state index in [0.717, 1.165) is 23.3 Å². The van der Waals surface area contributed by atoms with Gasteiger partial charge in [-0.05, 0) is 87.8 Å². The number of thioether (sulfide) groups is 2. The summed E-state index contributed by atoms with van der Waals surface area (Å²) in [7, 11) is 0. The van der Waals surface area contributed by atoms with Gasteiger partial charge in [0, 0.05) is 47.7 Å². The Kier molecular flexibility index (Phi) is 36.6. The smallest absolute Gasteiger partial charge is 0.542 e.